The minimum absolute atomic E-state index is 0.0698. The van der Waals surface area contributed by atoms with Crippen LogP contribution in [-0.4, -0.2) is 69.5 Å². The Labute approximate surface area is 160 Å². The monoisotopic (exact) mass is 394 g/mol. The van der Waals surface area contributed by atoms with E-state index in [1.807, 2.05) is 4.90 Å². The molecule has 3 heterocycles. The molecule has 1 aromatic rings. The lowest BCUT2D eigenvalue weighted by molar-refractivity contribution is -0.143. The van der Waals surface area contributed by atoms with Gasteiger partial charge in [0.15, 0.2) is 0 Å². The summed E-state index contributed by atoms with van der Waals surface area (Å²) in [4.78, 5) is 14.7. The molecule has 3 aliphatic heterocycles. The van der Waals surface area contributed by atoms with Crippen LogP contribution in [0.4, 0.5) is 0 Å². The molecule has 4 rings (SSSR count). The summed E-state index contributed by atoms with van der Waals surface area (Å²) in [6.07, 6.45) is 2.86. The molecule has 0 aliphatic carbocycles. The third-order valence-corrected chi connectivity index (χ3v) is 7.81. The van der Waals surface area contributed by atoms with Crippen molar-refractivity contribution in [3.63, 3.8) is 0 Å². The van der Waals surface area contributed by atoms with Gasteiger partial charge in [0, 0.05) is 38.7 Å². The number of piperidine rings is 1. The van der Waals surface area contributed by atoms with Gasteiger partial charge in [-0.2, -0.15) is 0 Å². The number of likely N-dealkylation sites (tertiary alicyclic amines) is 1. The van der Waals surface area contributed by atoms with Crippen molar-refractivity contribution < 1.29 is 22.7 Å². The number of carbonyl (C=O) groups is 1. The maximum Gasteiger partial charge on any atom is 0.251 e. The lowest BCUT2D eigenvalue weighted by atomic mass is 9.78. The molecule has 2 fully saturated rings. The Hall–Kier alpha value is -1.64. The van der Waals surface area contributed by atoms with E-state index in [1.165, 1.54) is 4.31 Å². The predicted molar refractivity (Wildman–Crippen MR) is 99.0 cm³/mol. The Morgan fingerprint density at radius 2 is 1.96 bits per heavy atom. The van der Waals surface area contributed by atoms with Crippen molar-refractivity contribution in [3.05, 3.63) is 24.3 Å². The zero-order valence-electron chi connectivity index (χ0n) is 15.6. The number of hydrogen-bond donors (Lipinski definition) is 0. The van der Waals surface area contributed by atoms with Gasteiger partial charge >= 0.3 is 0 Å². The van der Waals surface area contributed by atoms with Gasteiger partial charge < -0.3 is 14.4 Å². The molecule has 1 aromatic carbocycles. The van der Waals surface area contributed by atoms with E-state index in [-0.39, 0.29) is 22.3 Å². The number of nitrogens with zero attached hydrogens (tertiary/aromatic N) is 2. The number of hydrogen-bond acceptors (Lipinski definition) is 5. The number of amides is 1. The fourth-order valence-corrected chi connectivity index (χ4v) is 5.68. The number of benzene rings is 1. The van der Waals surface area contributed by atoms with Gasteiger partial charge in [0.2, 0.25) is 10.0 Å². The van der Waals surface area contributed by atoms with Gasteiger partial charge in [0.1, 0.15) is 16.7 Å². The fourth-order valence-electron chi connectivity index (χ4n) is 4.26. The summed E-state index contributed by atoms with van der Waals surface area (Å²) in [6.45, 7) is 2.72. The molecule has 148 valence electrons. The van der Waals surface area contributed by atoms with Crippen LogP contribution >= 0.6 is 0 Å². The van der Waals surface area contributed by atoms with Crippen molar-refractivity contribution in [1.82, 2.24) is 9.21 Å². The van der Waals surface area contributed by atoms with Crippen LogP contribution in [-0.2, 0) is 19.6 Å². The van der Waals surface area contributed by atoms with Crippen LogP contribution in [0.2, 0.25) is 0 Å². The zero-order valence-corrected chi connectivity index (χ0v) is 16.4. The van der Waals surface area contributed by atoms with Crippen LogP contribution in [0.5, 0.6) is 5.75 Å². The minimum atomic E-state index is -3.59. The highest BCUT2D eigenvalue weighted by Crippen LogP contribution is 2.38. The summed E-state index contributed by atoms with van der Waals surface area (Å²) in [5.41, 5.74) is -0.289. The summed E-state index contributed by atoms with van der Waals surface area (Å²) >= 11 is 0. The molecule has 0 aromatic heterocycles. The molecule has 0 radical (unpaired) electrons. The second-order valence-electron chi connectivity index (χ2n) is 7.82. The van der Waals surface area contributed by atoms with Crippen molar-refractivity contribution in [2.45, 2.75) is 36.7 Å². The second kappa shape index (κ2) is 7.07. The van der Waals surface area contributed by atoms with Gasteiger partial charge in [-0.15, -0.1) is 0 Å². The second-order valence-corrected chi connectivity index (χ2v) is 9.84. The summed E-state index contributed by atoms with van der Waals surface area (Å²) in [6, 6.07) is 6.78. The van der Waals surface area contributed by atoms with E-state index >= 15 is 0 Å². The Morgan fingerprint density at radius 3 is 2.67 bits per heavy atom. The summed E-state index contributed by atoms with van der Waals surface area (Å²) in [5.74, 6) is 0.474. The molecule has 8 heteroatoms. The first-order chi connectivity index (χ1) is 12.9. The molecule has 1 spiro atoms. The molecule has 3 aliphatic rings. The van der Waals surface area contributed by atoms with Crippen LogP contribution in [0.3, 0.4) is 0 Å². The van der Waals surface area contributed by atoms with Gasteiger partial charge in [0.05, 0.1) is 6.61 Å². The van der Waals surface area contributed by atoms with Crippen molar-refractivity contribution >= 4 is 15.9 Å². The van der Waals surface area contributed by atoms with E-state index in [4.69, 9.17) is 9.47 Å². The highest BCUT2D eigenvalue weighted by molar-refractivity contribution is 7.89. The van der Waals surface area contributed by atoms with Crippen molar-refractivity contribution in [2.75, 3.05) is 39.9 Å². The maximum atomic E-state index is 12.9. The van der Waals surface area contributed by atoms with Crippen molar-refractivity contribution in [2.24, 2.45) is 5.41 Å². The van der Waals surface area contributed by atoms with E-state index in [2.05, 4.69) is 0 Å². The third-order valence-electron chi connectivity index (χ3n) is 5.97. The van der Waals surface area contributed by atoms with Crippen molar-refractivity contribution in [3.8, 4) is 5.75 Å². The van der Waals surface area contributed by atoms with E-state index in [1.54, 1.807) is 31.3 Å². The lowest BCUT2D eigenvalue weighted by Crippen LogP contribution is -2.53. The lowest BCUT2D eigenvalue weighted by Gasteiger charge is -2.44. The third kappa shape index (κ3) is 3.46. The molecule has 7 nitrogen and oxygen atoms in total. The first kappa shape index (κ1) is 18.7. The highest BCUT2D eigenvalue weighted by Gasteiger charge is 2.43. The SMILES string of the molecule is CN1CC2(CCN(C(=O)[C@@H]3CCCO3)CC2)COc2ccccc2S1(=O)=O. The molecule has 0 bridgehead atoms. The van der Waals surface area contributed by atoms with E-state index in [0.29, 0.717) is 51.4 Å². The van der Waals surface area contributed by atoms with Crippen LogP contribution < -0.4 is 4.74 Å². The largest absolute Gasteiger partial charge is 0.492 e. The number of para-hydroxylation sites is 1. The van der Waals surface area contributed by atoms with Crippen LogP contribution in [0, 0.1) is 5.41 Å². The van der Waals surface area contributed by atoms with Gasteiger partial charge in [-0.1, -0.05) is 12.1 Å². The topological polar surface area (TPSA) is 76.2 Å². The molecule has 0 saturated carbocycles. The van der Waals surface area contributed by atoms with E-state index in [0.717, 1.165) is 12.8 Å². The maximum absolute atomic E-state index is 12.9. The molecule has 1 atom stereocenters. The Balaban J connectivity index is 1.51. The van der Waals surface area contributed by atoms with E-state index in [9.17, 15) is 13.2 Å². The van der Waals surface area contributed by atoms with E-state index < -0.39 is 10.0 Å². The standard InChI is InChI=1S/C19H26N2O5S/c1-20-13-19(14-26-15-5-2-3-7-17(15)27(20,23)24)8-10-21(11-9-19)18(22)16-6-4-12-25-16/h2-3,5,7,16H,4,6,8-14H2,1H3/t16-/m0/s1. The fraction of sp³-hybridized carbons (Fsp3) is 0.632. The van der Waals surface area contributed by atoms with Crippen LogP contribution in [0.15, 0.2) is 29.2 Å². The predicted octanol–water partition coefficient (Wildman–Crippen LogP) is 1.49. The summed E-state index contributed by atoms with van der Waals surface area (Å²) < 4.78 is 38.8. The number of carbonyl (C=O) groups excluding carboxylic acids is 1. The molecular formula is C19H26N2O5S. The van der Waals surface area contributed by atoms with Gasteiger partial charge in [0.25, 0.3) is 5.91 Å². The number of fused-ring (bicyclic) bond motifs is 1. The molecular weight excluding hydrogens is 368 g/mol. The van der Waals surface area contributed by atoms with Crippen LogP contribution in [0.1, 0.15) is 25.7 Å². The minimum Gasteiger partial charge on any atom is -0.492 e. The van der Waals surface area contributed by atoms with Crippen LogP contribution in [0.25, 0.3) is 0 Å². The highest BCUT2D eigenvalue weighted by atomic mass is 32.2. The molecule has 1 amide bonds. The number of sulfonamides is 1. The summed E-state index contributed by atoms with van der Waals surface area (Å²) in [7, 11) is -1.96. The molecule has 0 unspecified atom stereocenters. The van der Waals surface area contributed by atoms with Gasteiger partial charge in [-0.05, 0) is 37.8 Å². The normalized spacial score (nSPS) is 27.4. The van der Waals surface area contributed by atoms with Gasteiger partial charge in [-0.25, -0.2) is 12.7 Å². The molecule has 0 N–H and O–H groups in total. The summed E-state index contributed by atoms with van der Waals surface area (Å²) in [5, 5.41) is 0. The average molecular weight is 394 g/mol. The molecule has 27 heavy (non-hydrogen) atoms. The van der Waals surface area contributed by atoms with Crippen molar-refractivity contribution in [1.29, 1.82) is 0 Å². The first-order valence-electron chi connectivity index (χ1n) is 9.50. The Bertz CT molecular complexity index is 811. The average Bonchev–Trinajstić information content (AvgIpc) is 3.21. The zero-order chi connectivity index (χ0) is 19.1. The molecule has 2 saturated heterocycles. The quantitative estimate of drug-likeness (QED) is 0.721. The smallest absolute Gasteiger partial charge is 0.251 e. The number of ether oxygens (including phenoxy) is 2. The number of rotatable bonds is 1. The first-order valence-corrected chi connectivity index (χ1v) is 10.9. The Kier molecular flexibility index (Phi) is 4.90. The Morgan fingerprint density at radius 1 is 1.22 bits per heavy atom. The van der Waals surface area contributed by atoms with Gasteiger partial charge in [-0.3, -0.25) is 4.79 Å².